The molecule has 0 aromatic heterocycles. The van der Waals surface area contributed by atoms with Crippen LogP contribution in [-0.4, -0.2) is 76.9 Å². The molecule has 1 aromatic carbocycles. The Kier molecular flexibility index (Phi) is 13.0. The molecule has 0 fully saturated rings. The monoisotopic (exact) mass is 668 g/mol. The molecule has 10 nitrogen and oxygen atoms in total. The molecule has 0 bridgehead atoms. The number of likely N-dealkylation sites (N-methyl/N-ethyl adjacent to an activating group) is 1. The van der Waals surface area contributed by atoms with Crippen LogP contribution >= 0.6 is 0 Å². The fraction of sp³-hybridized carbons (Fsp3) is 0.486. The van der Waals surface area contributed by atoms with E-state index in [4.69, 9.17) is 21.9 Å². The Hall–Kier alpha value is -4.55. The van der Waals surface area contributed by atoms with Gasteiger partial charge in [-0.2, -0.15) is 13.2 Å². The molecule has 2 aliphatic rings. The first kappa shape index (κ1) is 37.9. The van der Waals surface area contributed by atoms with Crippen molar-refractivity contribution in [3.05, 3.63) is 82.5 Å². The summed E-state index contributed by atoms with van der Waals surface area (Å²) in [5.74, 6) is 0.634. The smallest absolute Gasteiger partial charge is 0.399 e. The molecule has 0 spiro atoms. The van der Waals surface area contributed by atoms with E-state index in [1.165, 1.54) is 6.34 Å². The molecular weight excluding hydrogens is 617 g/mol. The quantitative estimate of drug-likeness (QED) is 0.106. The highest BCUT2D eigenvalue weighted by atomic mass is 19.4. The van der Waals surface area contributed by atoms with Crippen molar-refractivity contribution in [1.82, 2.24) is 20.0 Å². The van der Waals surface area contributed by atoms with Gasteiger partial charge >= 0.3 is 6.18 Å². The minimum absolute atomic E-state index is 0.0510. The zero-order chi connectivity index (χ0) is 35.8. The molecule has 0 saturated carbocycles. The summed E-state index contributed by atoms with van der Waals surface area (Å²) in [5.41, 5.74) is 15.8. The molecule has 1 aromatic rings. The number of nitrogens with one attached hydrogen (secondary N) is 2. The van der Waals surface area contributed by atoms with E-state index in [-0.39, 0.29) is 18.6 Å². The lowest BCUT2D eigenvalue weighted by molar-refractivity contribution is -0.0963. The lowest BCUT2D eigenvalue weighted by Gasteiger charge is -2.35. The van der Waals surface area contributed by atoms with Crippen molar-refractivity contribution in [3.8, 4) is 0 Å². The van der Waals surface area contributed by atoms with Gasteiger partial charge in [0, 0.05) is 42.8 Å². The second kappa shape index (κ2) is 16.5. The van der Waals surface area contributed by atoms with E-state index in [9.17, 15) is 13.2 Å². The van der Waals surface area contributed by atoms with Gasteiger partial charge in [0.2, 0.25) is 0 Å². The minimum Gasteiger partial charge on any atom is -0.399 e. The zero-order valence-corrected chi connectivity index (χ0v) is 29.1. The number of nitrogens with zero attached hydrogens (tertiary/aromatic N) is 6. The van der Waals surface area contributed by atoms with Crippen LogP contribution in [0, 0.1) is 5.41 Å². The maximum atomic E-state index is 13.5. The lowest BCUT2D eigenvalue weighted by atomic mass is 9.94. The molecular formula is C35H51F3N10. The number of nitrogens with two attached hydrogens (primary N) is 2. The summed E-state index contributed by atoms with van der Waals surface area (Å²) in [4.78, 5) is 20.1. The fourth-order valence-electron chi connectivity index (χ4n) is 5.76. The van der Waals surface area contributed by atoms with Crippen molar-refractivity contribution in [2.45, 2.75) is 97.9 Å². The number of hydrogen-bond acceptors (Lipinski definition) is 8. The van der Waals surface area contributed by atoms with E-state index in [1.54, 1.807) is 17.9 Å². The molecule has 0 aliphatic carbocycles. The Morgan fingerprint density at radius 3 is 2.42 bits per heavy atom. The van der Waals surface area contributed by atoms with Crippen LogP contribution in [-0.2, 0) is 6.54 Å². The summed E-state index contributed by atoms with van der Waals surface area (Å²) in [5, 5.41) is 11.4. The molecule has 0 amide bonds. The predicted octanol–water partition coefficient (Wildman–Crippen LogP) is 6.18. The van der Waals surface area contributed by atoms with E-state index in [1.807, 2.05) is 63.3 Å². The SMILES string of the molecule is C=C(N)/C(C)=C\C(=N)CN(Cc1ccc(C2NC(C(F)(F)F)=CN2C(C)C)cc1)/C(C)=N/C(/N=C\N)C1=C(CC)N=CN(C)C1CCC. The molecule has 0 saturated heterocycles. The number of allylic oxidation sites excluding steroid dienone is 3. The first-order chi connectivity index (χ1) is 22.6. The number of rotatable bonds is 14. The van der Waals surface area contributed by atoms with Crippen LogP contribution in [0.4, 0.5) is 13.2 Å². The van der Waals surface area contributed by atoms with Crippen LogP contribution in [0.5, 0.6) is 0 Å². The van der Waals surface area contributed by atoms with E-state index < -0.39 is 24.2 Å². The first-order valence-corrected chi connectivity index (χ1v) is 16.2. The number of alkyl halides is 3. The molecule has 2 aliphatic heterocycles. The maximum Gasteiger partial charge on any atom is 0.432 e. The predicted molar refractivity (Wildman–Crippen MR) is 190 cm³/mol. The average Bonchev–Trinajstić information content (AvgIpc) is 3.49. The standard InChI is InChI=1S/C35H51F3N10/c1-9-11-30-32(29(10-2)43-21-46(30)8)33(42-20-39)44-25(7)47(18-28(41)16-23(5)24(6)40)17-26-12-14-27(15-13-26)34-45-31(35(36,37)38)19-48(34)22(3)4/h12-16,19-22,30,33-34,41,45H,6,9-11,17-18,40H2,1-5,7-8H3,(H2,39,42)/b23-16-,41-28?,44-25+. The number of halogens is 3. The van der Waals surface area contributed by atoms with Crippen molar-refractivity contribution in [1.29, 1.82) is 5.41 Å². The summed E-state index contributed by atoms with van der Waals surface area (Å²) in [6.45, 7) is 15.9. The van der Waals surface area contributed by atoms with Crippen LogP contribution in [0.15, 0.2) is 86.3 Å². The van der Waals surface area contributed by atoms with Crippen molar-refractivity contribution in [2.75, 3.05) is 13.6 Å². The number of hydrogen-bond donors (Lipinski definition) is 4. The number of benzene rings is 1. The highest BCUT2D eigenvalue weighted by Gasteiger charge is 2.41. The highest BCUT2D eigenvalue weighted by Crippen LogP contribution is 2.35. The van der Waals surface area contributed by atoms with Crippen LogP contribution in [0.25, 0.3) is 0 Å². The van der Waals surface area contributed by atoms with Crippen LogP contribution in [0.1, 0.15) is 78.1 Å². The molecule has 262 valence electrons. The van der Waals surface area contributed by atoms with Gasteiger partial charge < -0.3 is 36.9 Å². The maximum absolute atomic E-state index is 13.5. The molecule has 13 heteroatoms. The van der Waals surface area contributed by atoms with E-state index >= 15 is 0 Å². The van der Waals surface area contributed by atoms with Crippen molar-refractivity contribution in [2.24, 2.45) is 26.4 Å². The zero-order valence-electron chi connectivity index (χ0n) is 29.1. The molecule has 48 heavy (non-hydrogen) atoms. The molecule has 0 radical (unpaired) electrons. The van der Waals surface area contributed by atoms with Crippen molar-refractivity contribution in [3.63, 3.8) is 0 Å². The van der Waals surface area contributed by atoms with E-state index in [0.29, 0.717) is 41.3 Å². The summed E-state index contributed by atoms with van der Waals surface area (Å²) in [6, 6.07) is 7.35. The van der Waals surface area contributed by atoms with Gasteiger partial charge in [-0.3, -0.25) is 0 Å². The van der Waals surface area contributed by atoms with Gasteiger partial charge in [-0.1, -0.05) is 51.1 Å². The first-order valence-electron chi connectivity index (χ1n) is 16.2. The Balaban J connectivity index is 2.00. The molecule has 6 N–H and O–H groups in total. The third kappa shape index (κ3) is 9.51. The second-order valence-corrected chi connectivity index (χ2v) is 12.4. The van der Waals surface area contributed by atoms with Gasteiger partial charge in [0.05, 0.1) is 36.8 Å². The Labute approximate surface area is 283 Å². The fourth-order valence-corrected chi connectivity index (χ4v) is 5.76. The van der Waals surface area contributed by atoms with E-state index in [2.05, 4.69) is 40.6 Å². The topological polar surface area (TPSA) is 135 Å². The molecule has 2 heterocycles. The van der Waals surface area contributed by atoms with Gasteiger partial charge in [0.25, 0.3) is 0 Å². The average molecular weight is 669 g/mol. The van der Waals surface area contributed by atoms with Crippen LogP contribution in [0.2, 0.25) is 0 Å². The number of amidine groups is 1. The van der Waals surface area contributed by atoms with Crippen LogP contribution in [0.3, 0.4) is 0 Å². The molecule has 3 rings (SSSR count). The third-order valence-electron chi connectivity index (χ3n) is 8.45. The largest absolute Gasteiger partial charge is 0.432 e. The van der Waals surface area contributed by atoms with Crippen molar-refractivity contribution < 1.29 is 13.2 Å². The summed E-state index contributed by atoms with van der Waals surface area (Å²) >= 11 is 0. The van der Waals surface area contributed by atoms with Gasteiger partial charge in [0.15, 0.2) is 6.17 Å². The molecule has 3 atom stereocenters. The second-order valence-electron chi connectivity index (χ2n) is 12.4. The Morgan fingerprint density at radius 1 is 1.21 bits per heavy atom. The Morgan fingerprint density at radius 2 is 1.88 bits per heavy atom. The minimum atomic E-state index is -4.47. The van der Waals surface area contributed by atoms with Crippen molar-refractivity contribution >= 4 is 24.2 Å². The summed E-state index contributed by atoms with van der Waals surface area (Å²) in [7, 11) is 1.99. The van der Waals surface area contributed by atoms with Gasteiger partial charge in [-0.15, -0.1) is 0 Å². The van der Waals surface area contributed by atoms with Gasteiger partial charge in [-0.25, -0.2) is 15.0 Å². The summed E-state index contributed by atoms with van der Waals surface area (Å²) in [6.07, 6.45) is 2.76. The Bertz CT molecular complexity index is 1480. The third-order valence-corrected chi connectivity index (χ3v) is 8.45. The van der Waals surface area contributed by atoms with E-state index in [0.717, 1.165) is 35.9 Å². The van der Waals surface area contributed by atoms with Crippen LogP contribution < -0.4 is 16.8 Å². The molecule has 3 unspecified atom stereocenters. The summed E-state index contributed by atoms with van der Waals surface area (Å²) < 4.78 is 40.6. The van der Waals surface area contributed by atoms with Gasteiger partial charge in [-0.05, 0) is 63.3 Å². The lowest BCUT2D eigenvalue weighted by Crippen LogP contribution is -2.40. The normalized spacial score (nSPS) is 19.7. The highest BCUT2D eigenvalue weighted by molar-refractivity contribution is 5.97. The number of aliphatic imine (C=N–C) groups is 3. The van der Waals surface area contributed by atoms with Gasteiger partial charge in [0.1, 0.15) is 11.9 Å².